The van der Waals surface area contributed by atoms with Crippen LogP contribution < -0.4 is 5.32 Å². The molecule has 3 rings (SSSR count). The van der Waals surface area contributed by atoms with Crippen LogP contribution in [0.15, 0.2) is 48.5 Å². The molecule has 0 aliphatic heterocycles. The minimum absolute atomic E-state index is 0.00268. The molecule has 0 bridgehead atoms. The normalized spacial score (nSPS) is 11.6. The molecular weight excluding hydrogens is 373 g/mol. The number of rotatable bonds is 5. The molecular formula is C20H17F3N2O3. The number of aryl methyl sites for hydroxylation is 1. The SMILES string of the molecule is CCn1c(C(=O)O)c(CC(=O)Nc2cccc(C(F)(F)F)c2)c2ccccc21. The van der Waals surface area contributed by atoms with Crippen molar-refractivity contribution in [2.45, 2.75) is 26.1 Å². The van der Waals surface area contributed by atoms with Crippen molar-refractivity contribution in [3.8, 4) is 0 Å². The molecule has 0 atom stereocenters. The van der Waals surface area contributed by atoms with Gasteiger partial charge < -0.3 is 15.0 Å². The number of carbonyl (C=O) groups excluding carboxylic acids is 1. The predicted molar refractivity (Wildman–Crippen MR) is 98.3 cm³/mol. The molecule has 3 aromatic rings. The lowest BCUT2D eigenvalue weighted by molar-refractivity contribution is -0.137. The fraction of sp³-hybridized carbons (Fsp3) is 0.200. The zero-order chi connectivity index (χ0) is 20.5. The molecule has 2 N–H and O–H groups in total. The number of carboxylic acids is 1. The smallest absolute Gasteiger partial charge is 0.416 e. The van der Waals surface area contributed by atoms with Crippen LogP contribution in [0, 0.1) is 0 Å². The number of anilines is 1. The molecule has 0 spiro atoms. The van der Waals surface area contributed by atoms with Crippen LogP contribution in [-0.4, -0.2) is 21.6 Å². The van der Waals surface area contributed by atoms with Crippen molar-refractivity contribution < 1.29 is 27.9 Å². The van der Waals surface area contributed by atoms with Gasteiger partial charge in [-0.05, 0) is 31.2 Å². The third-order valence-corrected chi connectivity index (χ3v) is 4.41. The maximum Gasteiger partial charge on any atom is 0.416 e. The molecule has 8 heteroatoms. The first kappa shape index (κ1) is 19.5. The highest BCUT2D eigenvalue weighted by molar-refractivity contribution is 6.02. The minimum Gasteiger partial charge on any atom is -0.477 e. The summed E-state index contributed by atoms with van der Waals surface area (Å²) in [6, 6.07) is 11.3. The third-order valence-electron chi connectivity index (χ3n) is 4.41. The number of carbonyl (C=O) groups is 2. The van der Waals surface area contributed by atoms with E-state index in [0.29, 0.717) is 23.0 Å². The molecule has 5 nitrogen and oxygen atoms in total. The third kappa shape index (κ3) is 3.71. The van der Waals surface area contributed by atoms with Crippen molar-refractivity contribution in [3.05, 3.63) is 65.4 Å². The van der Waals surface area contributed by atoms with Crippen molar-refractivity contribution in [1.29, 1.82) is 0 Å². The number of alkyl halides is 3. The summed E-state index contributed by atoms with van der Waals surface area (Å²) in [5.74, 6) is -1.76. The summed E-state index contributed by atoms with van der Waals surface area (Å²) in [5.41, 5.74) is 0.136. The Morgan fingerprint density at radius 3 is 2.46 bits per heavy atom. The summed E-state index contributed by atoms with van der Waals surface area (Å²) >= 11 is 0. The minimum atomic E-state index is -4.52. The first-order valence-corrected chi connectivity index (χ1v) is 8.53. The number of nitrogens with one attached hydrogen (secondary N) is 1. The fourth-order valence-electron chi connectivity index (χ4n) is 3.27. The van der Waals surface area contributed by atoms with Crippen LogP contribution >= 0.6 is 0 Å². The summed E-state index contributed by atoms with van der Waals surface area (Å²) in [6.45, 7) is 2.20. The number of amides is 1. The van der Waals surface area contributed by atoms with Crippen LogP contribution in [0.2, 0.25) is 0 Å². The van der Waals surface area contributed by atoms with E-state index in [9.17, 15) is 27.9 Å². The number of aromatic nitrogens is 1. The lowest BCUT2D eigenvalue weighted by Crippen LogP contribution is -2.18. The predicted octanol–water partition coefficient (Wildman–Crippen LogP) is 4.56. The van der Waals surface area contributed by atoms with Gasteiger partial charge in [-0.2, -0.15) is 13.2 Å². The monoisotopic (exact) mass is 390 g/mol. The van der Waals surface area contributed by atoms with Gasteiger partial charge in [0.05, 0.1) is 12.0 Å². The van der Waals surface area contributed by atoms with Gasteiger partial charge in [0.2, 0.25) is 5.91 Å². The fourth-order valence-corrected chi connectivity index (χ4v) is 3.27. The van der Waals surface area contributed by atoms with Crippen LogP contribution in [0.4, 0.5) is 18.9 Å². The van der Waals surface area contributed by atoms with Gasteiger partial charge in [-0.3, -0.25) is 4.79 Å². The molecule has 0 saturated carbocycles. The Bertz CT molecular complexity index is 1050. The molecule has 2 aromatic carbocycles. The molecule has 0 aliphatic carbocycles. The van der Waals surface area contributed by atoms with Crippen LogP contribution in [0.1, 0.15) is 28.5 Å². The highest BCUT2D eigenvalue weighted by Gasteiger charge is 2.30. The van der Waals surface area contributed by atoms with Crippen LogP contribution in [0.25, 0.3) is 10.9 Å². The summed E-state index contributed by atoms with van der Waals surface area (Å²) in [4.78, 5) is 24.3. The standard InChI is InChI=1S/C20H17F3N2O3/c1-2-25-16-9-4-3-8-14(16)15(18(25)19(27)28)11-17(26)24-13-7-5-6-12(10-13)20(21,22)23/h3-10H,2,11H2,1H3,(H,24,26)(H,27,28). The highest BCUT2D eigenvalue weighted by Crippen LogP contribution is 2.31. The van der Waals surface area contributed by atoms with Crippen molar-refractivity contribution in [1.82, 2.24) is 4.57 Å². The molecule has 0 radical (unpaired) electrons. The van der Waals surface area contributed by atoms with Crippen molar-refractivity contribution >= 4 is 28.5 Å². The summed E-state index contributed by atoms with van der Waals surface area (Å²) < 4.78 is 40.1. The number of nitrogens with zero attached hydrogens (tertiary/aromatic N) is 1. The number of halogens is 3. The van der Waals surface area contributed by atoms with Gasteiger partial charge in [-0.1, -0.05) is 24.3 Å². The Morgan fingerprint density at radius 1 is 1.11 bits per heavy atom. The largest absolute Gasteiger partial charge is 0.477 e. The molecule has 146 valence electrons. The molecule has 0 fully saturated rings. The van der Waals surface area contributed by atoms with Gasteiger partial charge in [-0.15, -0.1) is 0 Å². The molecule has 1 aromatic heterocycles. The van der Waals surface area contributed by atoms with E-state index in [0.717, 1.165) is 12.1 Å². The summed E-state index contributed by atoms with van der Waals surface area (Å²) in [7, 11) is 0. The van der Waals surface area contributed by atoms with Gasteiger partial charge in [0.1, 0.15) is 5.69 Å². The topological polar surface area (TPSA) is 71.3 Å². The van der Waals surface area contributed by atoms with Crippen molar-refractivity contribution in [2.75, 3.05) is 5.32 Å². The molecule has 1 amide bonds. The molecule has 0 unspecified atom stereocenters. The number of benzene rings is 2. The molecule has 0 aliphatic rings. The number of hydrogen-bond donors (Lipinski definition) is 2. The number of carboxylic acid groups (broad SMARTS) is 1. The Hall–Kier alpha value is -3.29. The first-order valence-electron chi connectivity index (χ1n) is 8.53. The molecule has 0 saturated heterocycles. The average molecular weight is 390 g/mol. The quantitative estimate of drug-likeness (QED) is 0.671. The lowest BCUT2D eigenvalue weighted by atomic mass is 10.1. The number of aromatic carboxylic acids is 1. The second kappa shape index (κ2) is 7.38. The van der Waals surface area contributed by atoms with Gasteiger partial charge in [0, 0.05) is 28.7 Å². The van der Waals surface area contributed by atoms with Crippen molar-refractivity contribution in [2.24, 2.45) is 0 Å². The van der Waals surface area contributed by atoms with E-state index in [1.165, 1.54) is 12.1 Å². The number of hydrogen-bond acceptors (Lipinski definition) is 2. The van der Waals surface area contributed by atoms with E-state index in [-0.39, 0.29) is 17.8 Å². The van der Waals surface area contributed by atoms with Gasteiger partial charge >= 0.3 is 12.1 Å². The lowest BCUT2D eigenvalue weighted by Gasteiger charge is -2.10. The van der Waals surface area contributed by atoms with Gasteiger partial charge in [-0.25, -0.2) is 4.79 Å². The van der Waals surface area contributed by atoms with Crippen LogP contribution in [0.3, 0.4) is 0 Å². The number of fused-ring (bicyclic) bond motifs is 1. The molecule has 28 heavy (non-hydrogen) atoms. The van der Waals surface area contributed by atoms with Crippen LogP contribution in [-0.2, 0) is 23.9 Å². The Labute approximate surface area is 158 Å². The van der Waals surface area contributed by atoms with E-state index in [4.69, 9.17) is 0 Å². The van der Waals surface area contributed by atoms with E-state index >= 15 is 0 Å². The highest BCUT2D eigenvalue weighted by atomic mass is 19.4. The summed E-state index contributed by atoms with van der Waals surface area (Å²) in [5, 5.41) is 12.7. The maximum atomic E-state index is 12.8. The first-order chi connectivity index (χ1) is 13.2. The summed E-state index contributed by atoms with van der Waals surface area (Å²) in [6.07, 6.45) is -4.79. The zero-order valence-electron chi connectivity index (χ0n) is 14.9. The van der Waals surface area contributed by atoms with E-state index < -0.39 is 23.6 Å². The number of para-hydroxylation sites is 1. The average Bonchev–Trinajstić information content (AvgIpc) is 2.95. The Kier molecular flexibility index (Phi) is 5.13. The van der Waals surface area contributed by atoms with E-state index in [2.05, 4.69) is 5.32 Å². The Balaban J connectivity index is 1.94. The molecule has 1 heterocycles. The second-order valence-electron chi connectivity index (χ2n) is 6.20. The van der Waals surface area contributed by atoms with Crippen molar-refractivity contribution in [3.63, 3.8) is 0 Å². The second-order valence-corrected chi connectivity index (χ2v) is 6.20. The van der Waals surface area contributed by atoms with E-state index in [1.807, 2.05) is 0 Å². The van der Waals surface area contributed by atoms with E-state index in [1.54, 1.807) is 35.8 Å². The zero-order valence-corrected chi connectivity index (χ0v) is 14.9. The van der Waals surface area contributed by atoms with Crippen LogP contribution in [0.5, 0.6) is 0 Å². The van der Waals surface area contributed by atoms with Gasteiger partial charge in [0.25, 0.3) is 0 Å². The maximum absolute atomic E-state index is 12.8. The Morgan fingerprint density at radius 2 is 1.82 bits per heavy atom. The van der Waals surface area contributed by atoms with Gasteiger partial charge in [0.15, 0.2) is 0 Å².